The van der Waals surface area contributed by atoms with Crippen LogP contribution in [0, 0.1) is 11.3 Å². The molecule has 2 N–H and O–H groups in total. The zero-order chi connectivity index (χ0) is 20.1. The second-order valence-electron chi connectivity index (χ2n) is 8.58. The highest BCUT2D eigenvalue weighted by molar-refractivity contribution is 5.85. The van der Waals surface area contributed by atoms with E-state index in [9.17, 15) is 5.11 Å². The zero-order valence-electron chi connectivity index (χ0n) is 17.9. The van der Waals surface area contributed by atoms with Crippen LogP contribution in [0.5, 0.6) is 0 Å². The summed E-state index contributed by atoms with van der Waals surface area (Å²) in [7, 11) is 0. The minimum atomic E-state index is -0.598. The van der Waals surface area contributed by atoms with E-state index < -0.39 is 5.60 Å². The molecule has 2 aromatic carbocycles. The van der Waals surface area contributed by atoms with Gasteiger partial charge in [0.05, 0.1) is 17.2 Å². The molecule has 2 aromatic rings. The first kappa shape index (κ1) is 25.6. The third kappa shape index (κ3) is 6.22. The SMILES string of the molecule is Cl.Cl.N#Cc1ccc(-c2ccc(C(CN3CCNCC3)C3(O)CCCCC3)cc2)cc1. The van der Waals surface area contributed by atoms with Gasteiger partial charge in [-0.05, 0) is 41.7 Å². The first-order chi connectivity index (χ1) is 14.2. The molecule has 4 nitrogen and oxygen atoms in total. The van der Waals surface area contributed by atoms with Crippen molar-refractivity contribution < 1.29 is 5.11 Å². The van der Waals surface area contributed by atoms with Gasteiger partial charge in [0.15, 0.2) is 0 Å². The van der Waals surface area contributed by atoms with Crippen molar-refractivity contribution in [2.75, 3.05) is 32.7 Å². The lowest BCUT2D eigenvalue weighted by Crippen LogP contribution is -2.49. The third-order valence-corrected chi connectivity index (χ3v) is 6.68. The molecule has 0 amide bonds. The summed E-state index contributed by atoms with van der Waals surface area (Å²) in [6.45, 7) is 5.09. The van der Waals surface area contributed by atoms with Crippen molar-refractivity contribution in [2.45, 2.75) is 43.6 Å². The molecule has 1 atom stereocenters. The molecule has 1 aliphatic carbocycles. The number of nitrogens with one attached hydrogen (secondary N) is 1. The normalized spacial score (nSPS) is 19.4. The number of piperazine rings is 1. The van der Waals surface area contributed by atoms with Crippen molar-refractivity contribution >= 4 is 24.8 Å². The molecule has 1 saturated heterocycles. The van der Waals surface area contributed by atoms with Crippen LogP contribution in [0.25, 0.3) is 11.1 Å². The van der Waals surface area contributed by atoms with E-state index in [-0.39, 0.29) is 30.7 Å². The molecule has 0 bridgehead atoms. The Bertz CT molecular complexity index is 837. The second kappa shape index (κ2) is 11.9. The highest BCUT2D eigenvalue weighted by atomic mass is 35.5. The number of rotatable bonds is 5. The molecule has 2 fully saturated rings. The number of halogens is 2. The van der Waals surface area contributed by atoms with Crippen molar-refractivity contribution in [2.24, 2.45) is 0 Å². The summed E-state index contributed by atoms with van der Waals surface area (Å²) in [6.07, 6.45) is 5.29. The van der Waals surface area contributed by atoms with Gasteiger partial charge in [0, 0.05) is 38.6 Å². The number of nitrogens with zero attached hydrogens (tertiary/aromatic N) is 2. The molecule has 31 heavy (non-hydrogen) atoms. The molecule has 2 aliphatic rings. The van der Waals surface area contributed by atoms with E-state index >= 15 is 0 Å². The zero-order valence-corrected chi connectivity index (χ0v) is 19.6. The molecule has 0 aromatic heterocycles. The second-order valence-corrected chi connectivity index (χ2v) is 8.58. The van der Waals surface area contributed by atoms with Crippen molar-refractivity contribution in [1.82, 2.24) is 10.2 Å². The fourth-order valence-electron chi connectivity index (χ4n) is 4.90. The Kier molecular flexibility index (Phi) is 9.81. The van der Waals surface area contributed by atoms with Crippen molar-refractivity contribution in [3.05, 3.63) is 59.7 Å². The molecule has 1 saturated carbocycles. The number of benzene rings is 2. The fourth-order valence-corrected chi connectivity index (χ4v) is 4.90. The van der Waals surface area contributed by atoms with Crippen LogP contribution < -0.4 is 5.32 Å². The van der Waals surface area contributed by atoms with Crippen LogP contribution in [-0.4, -0.2) is 48.3 Å². The third-order valence-electron chi connectivity index (χ3n) is 6.68. The smallest absolute Gasteiger partial charge is 0.0991 e. The Morgan fingerprint density at radius 3 is 2.00 bits per heavy atom. The van der Waals surface area contributed by atoms with Gasteiger partial charge in [0.2, 0.25) is 0 Å². The molecular formula is C25H33Cl2N3O. The van der Waals surface area contributed by atoms with Gasteiger partial charge >= 0.3 is 0 Å². The van der Waals surface area contributed by atoms with E-state index in [4.69, 9.17) is 5.26 Å². The summed E-state index contributed by atoms with van der Waals surface area (Å²) < 4.78 is 0. The Morgan fingerprint density at radius 2 is 1.45 bits per heavy atom. The molecule has 1 aliphatic heterocycles. The first-order valence-corrected chi connectivity index (χ1v) is 10.9. The Balaban J connectivity index is 0.00000171. The summed E-state index contributed by atoms with van der Waals surface area (Å²) in [5.41, 5.74) is 3.59. The predicted octanol–water partition coefficient (Wildman–Crippen LogP) is 4.75. The van der Waals surface area contributed by atoms with Crippen molar-refractivity contribution in [3.8, 4) is 17.2 Å². The van der Waals surface area contributed by atoms with E-state index in [0.717, 1.165) is 69.5 Å². The largest absolute Gasteiger partial charge is 0.389 e. The average molecular weight is 462 g/mol. The van der Waals surface area contributed by atoms with E-state index in [2.05, 4.69) is 40.6 Å². The molecular weight excluding hydrogens is 429 g/mol. The van der Waals surface area contributed by atoms with E-state index in [1.807, 2.05) is 24.3 Å². The van der Waals surface area contributed by atoms with Gasteiger partial charge < -0.3 is 15.3 Å². The minimum absolute atomic E-state index is 0. The van der Waals surface area contributed by atoms with E-state index in [0.29, 0.717) is 5.56 Å². The molecule has 0 radical (unpaired) electrons. The Hall–Kier alpha value is -1.61. The monoisotopic (exact) mass is 461 g/mol. The summed E-state index contributed by atoms with van der Waals surface area (Å²) in [6, 6.07) is 18.6. The van der Waals surface area contributed by atoms with Crippen molar-refractivity contribution in [3.63, 3.8) is 0 Å². The van der Waals surface area contributed by atoms with Crippen LogP contribution in [0.4, 0.5) is 0 Å². The molecule has 1 unspecified atom stereocenters. The van der Waals surface area contributed by atoms with Crippen LogP contribution in [0.3, 0.4) is 0 Å². The van der Waals surface area contributed by atoms with Crippen LogP contribution in [0.1, 0.15) is 49.1 Å². The highest BCUT2D eigenvalue weighted by Crippen LogP contribution is 2.41. The maximum atomic E-state index is 11.6. The number of hydrogen-bond donors (Lipinski definition) is 2. The molecule has 6 heteroatoms. The van der Waals surface area contributed by atoms with Crippen molar-refractivity contribution in [1.29, 1.82) is 5.26 Å². The molecule has 168 valence electrons. The molecule has 0 spiro atoms. The van der Waals surface area contributed by atoms with Gasteiger partial charge in [0.25, 0.3) is 0 Å². The van der Waals surface area contributed by atoms with Gasteiger partial charge in [0.1, 0.15) is 0 Å². The molecule has 1 heterocycles. The standard InChI is InChI=1S/C25H31N3O.2ClH/c26-18-20-4-6-21(7-5-20)22-8-10-23(11-9-22)24(19-28-16-14-27-15-17-28)25(29)12-2-1-3-13-25;;/h4-11,24,27,29H,1-3,12-17,19H2;2*1H. The van der Waals surface area contributed by atoms with E-state index in [1.165, 1.54) is 12.0 Å². The maximum absolute atomic E-state index is 11.6. The van der Waals surface area contributed by atoms with Gasteiger partial charge in [-0.15, -0.1) is 24.8 Å². The van der Waals surface area contributed by atoms with E-state index in [1.54, 1.807) is 0 Å². The van der Waals surface area contributed by atoms with Gasteiger partial charge in [-0.1, -0.05) is 55.7 Å². The van der Waals surface area contributed by atoms with Gasteiger partial charge in [-0.25, -0.2) is 0 Å². The topological polar surface area (TPSA) is 59.3 Å². The maximum Gasteiger partial charge on any atom is 0.0991 e. The number of nitriles is 1. The lowest BCUT2D eigenvalue weighted by molar-refractivity contribution is -0.0316. The highest BCUT2D eigenvalue weighted by Gasteiger charge is 2.39. The Morgan fingerprint density at radius 1 is 0.903 bits per heavy atom. The molecule has 4 rings (SSSR count). The van der Waals surface area contributed by atoms with Gasteiger partial charge in [-0.2, -0.15) is 5.26 Å². The predicted molar refractivity (Wildman–Crippen MR) is 131 cm³/mol. The Labute approximate surface area is 198 Å². The van der Waals surface area contributed by atoms with Crippen LogP contribution in [0.15, 0.2) is 48.5 Å². The fraction of sp³-hybridized carbons (Fsp3) is 0.480. The summed E-state index contributed by atoms with van der Waals surface area (Å²) >= 11 is 0. The van der Waals surface area contributed by atoms with Crippen LogP contribution in [-0.2, 0) is 0 Å². The lowest BCUT2D eigenvalue weighted by Gasteiger charge is -2.42. The van der Waals surface area contributed by atoms with Crippen LogP contribution >= 0.6 is 24.8 Å². The number of hydrogen-bond acceptors (Lipinski definition) is 4. The van der Waals surface area contributed by atoms with Crippen LogP contribution in [0.2, 0.25) is 0 Å². The average Bonchev–Trinajstić information content (AvgIpc) is 2.79. The lowest BCUT2D eigenvalue weighted by atomic mass is 9.72. The quantitative estimate of drug-likeness (QED) is 0.673. The summed E-state index contributed by atoms with van der Waals surface area (Å²) in [5, 5.41) is 24.0. The summed E-state index contributed by atoms with van der Waals surface area (Å²) in [4.78, 5) is 2.50. The minimum Gasteiger partial charge on any atom is -0.389 e. The first-order valence-electron chi connectivity index (χ1n) is 10.9. The van der Waals surface area contributed by atoms with Gasteiger partial charge in [-0.3, -0.25) is 0 Å². The summed E-state index contributed by atoms with van der Waals surface area (Å²) in [5.74, 6) is 0.149. The number of aliphatic hydroxyl groups is 1.